The fourth-order valence-corrected chi connectivity index (χ4v) is 19.4. The highest BCUT2D eigenvalue weighted by Gasteiger charge is 2.23. The molecule has 0 atom stereocenters. The van der Waals surface area contributed by atoms with Gasteiger partial charge in [0.15, 0.2) is 5.82 Å². The molecule has 15 aromatic carbocycles. The third kappa shape index (κ3) is 20.6. The van der Waals surface area contributed by atoms with Gasteiger partial charge in [-0.05, 0) is 259 Å². The number of fused-ring (bicyclic) bond motifs is 2. The molecule has 0 bridgehead atoms. The van der Waals surface area contributed by atoms with Crippen LogP contribution in [0.2, 0.25) is 0 Å². The maximum absolute atomic E-state index is 5.34. The standard InChI is InChI=1S/C52H36N4.C45H33N3.C39H27N3/c1-3-15-44-35(11-1)13-9-17-46(44)41-31-42(47-18-10-14-36-12-2-4-16-45(36)47)33-43(32-41)52-55-50(39-25-21-37(22-26-39)48-19-5-7-29-53-48)34-51(56-52)40-27-23-38(24-28-40)49-20-6-8-30-54-49;1-5-13-32(14-6-1)36-21-23-46-42(28-36)40-25-38(26-41(27-40)43-29-37(22-24-47-43)33-15-7-2-8-16-33)39-30-44(34-17-9-3-10-18-34)48-45(31-39)35-19-11-4-12-20-35;1-4-12-28(13-5-1)31-19-20-37(41-27-31)35-23-32(22-34(24-35)36-18-10-11-21-40-36)33-25-38(29-14-6-2-7-15-29)42-39(26-33)30-16-8-3-9-17-30/h1,3-11,13-34H,2,12H2;1-21,23,25-31H,22,24H2;1-27H. The lowest BCUT2D eigenvalue weighted by Gasteiger charge is -2.18. The Bertz CT molecular complexity index is 8460. The summed E-state index contributed by atoms with van der Waals surface area (Å²) in [6.45, 7) is 0.753. The summed E-state index contributed by atoms with van der Waals surface area (Å²) in [5.74, 6) is 0.670. The van der Waals surface area contributed by atoms with Crippen molar-refractivity contribution < 1.29 is 0 Å². The van der Waals surface area contributed by atoms with Gasteiger partial charge in [0.05, 0.1) is 68.3 Å². The van der Waals surface area contributed by atoms with Gasteiger partial charge in [-0.3, -0.25) is 29.9 Å². The molecule has 0 fully saturated rings. The molecule has 8 aromatic heterocycles. The van der Waals surface area contributed by atoms with E-state index >= 15 is 0 Å². The summed E-state index contributed by atoms with van der Waals surface area (Å²) in [6.07, 6.45) is 19.2. The molecule has 0 unspecified atom stereocenters. The van der Waals surface area contributed by atoms with Crippen LogP contribution in [0.25, 0.3) is 224 Å². The smallest absolute Gasteiger partial charge is 0.160 e. The lowest BCUT2D eigenvalue weighted by atomic mass is 9.87. The molecule has 1 aliphatic heterocycles. The minimum Gasteiger partial charge on any atom is -0.284 e. The predicted octanol–water partition coefficient (Wildman–Crippen LogP) is 34.0. The number of aryl methyl sites for hydroxylation is 1. The molecular formula is C136H96N10. The normalized spacial score (nSPS) is 11.9. The van der Waals surface area contributed by atoms with Crippen LogP contribution in [0, 0.1) is 0 Å². The molecule has 10 heteroatoms. The van der Waals surface area contributed by atoms with E-state index in [1.807, 2.05) is 134 Å². The molecule has 690 valence electrons. The zero-order valence-corrected chi connectivity index (χ0v) is 80.1. The number of hydrogen-bond acceptors (Lipinski definition) is 10. The van der Waals surface area contributed by atoms with E-state index in [0.717, 1.165) is 217 Å². The lowest BCUT2D eigenvalue weighted by molar-refractivity contribution is 0.986. The highest BCUT2D eigenvalue weighted by atomic mass is 14.9. The average molecular weight is 1870 g/mol. The van der Waals surface area contributed by atoms with Crippen LogP contribution >= 0.6 is 0 Å². The average Bonchev–Trinajstić information content (AvgIpc) is 0.753. The molecule has 0 spiro atoms. The number of aromatic nitrogens is 9. The molecule has 10 nitrogen and oxygen atoms in total. The second-order valence-corrected chi connectivity index (χ2v) is 36.4. The first-order chi connectivity index (χ1) is 72.3. The van der Waals surface area contributed by atoms with E-state index in [1.165, 1.54) is 49.7 Å². The maximum Gasteiger partial charge on any atom is 0.160 e. The summed E-state index contributed by atoms with van der Waals surface area (Å²) in [6, 6.07) is 169. The molecule has 0 N–H and O–H groups in total. The van der Waals surface area contributed by atoms with Crippen molar-refractivity contribution >= 4 is 28.1 Å². The zero-order chi connectivity index (χ0) is 97.5. The fraction of sp³-hybridized carbons (Fsp3) is 0.0294. The minimum atomic E-state index is 0.670. The molecule has 9 heterocycles. The van der Waals surface area contributed by atoms with Crippen molar-refractivity contribution in [1.29, 1.82) is 0 Å². The van der Waals surface area contributed by atoms with Crippen molar-refractivity contribution in [3.8, 4) is 202 Å². The van der Waals surface area contributed by atoms with Gasteiger partial charge in [-0.1, -0.05) is 358 Å². The predicted molar refractivity (Wildman–Crippen MR) is 603 cm³/mol. The zero-order valence-electron chi connectivity index (χ0n) is 80.1. The minimum absolute atomic E-state index is 0.670. The largest absolute Gasteiger partial charge is 0.284 e. The molecular weight excluding hydrogens is 1770 g/mol. The Morgan fingerprint density at radius 1 is 0.192 bits per heavy atom. The van der Waals surface area contributed by atoms with Crippen molar-refractivity contribution in [3.63, 3.8) is 0 Å². The van der Waals surface area contributed by atoms with Gasteiger partial charge in [-0.2, -0.15) is 0 Å². The van der Waals surface area contributed by atoms with Crippen molar-refractivity contribution in [2.45, 2.75) is 19.3 Å². The lowest BCUT2D eigenvalue weighted by Crippen LogP contribution is -2.07. The topological polar surface area (TPSA) is 128 Å². The number of benzene rings is 15. The summed E-state index contributed by atoms with van der Waals surface area (Å²) < 4.78 is 0. The van der Waals surface area contributed by atoms with Crippen LogP contribution in [-0.4, -0.2) is 57.1 Å². The van der Waals surface area contributed by atoms with Gasteiger partial charge in [-0.25, -0.2) is 19.9 Å². The highest BCUT2D eigenvalue weighted by molar-refractivity contribution is 6.14. The third-order valence-electron chi connectivity index (χ3n) is 26.8. The number of nitrogens with zero attached hydrogens (tertiary/aromatic N) is 10. The summed E-state index contributed by atoms with van der Waals surface area (Å²) >= 11 is 0. The Hall–Kier alpha value is -19.2. The van der Waals surface area contributed by atoms with Crippen LogP contribution < -0.4 is 0 Å². The van der Waals surface area contributed by atoms with E-state index in [-0.39, 0.29) is 0 Å². The summed E-state index contributed by atoms with van der Waals surface area (Å²) in [5.41, 5.74) is 43.4. The molecule has 0 amide bonds. The summed E-state index contributed by atoms with van der Waals surface area (Å²) in [4.78, 5) is 49.5. The number of hydrogen-bond donors (Lipinski definition) is 0. The van der Waals surface area contributed by atoms with Crippen LogP contribution in [0.1, 0.15) is 35.1 Å². The molecule has 2 aliphatic rings. The Labute approximate surface area is 850 Å². The van der Waals surface area contributed by atoms with Gasteiger partial charge in [-0.15, -0.1) is 0 Å². The number of pyridine rings is 7. The maximum atomic E-state index is 5.34. The molecule has 0 saturated carbocycles. The summed E-state index contributed by atoms with van der Waals surface area (Å²) in [7, 11) is 0. The first-order valence-electron chi connectivity index (χ1n) is 49.5. The first-order valence-corrected chi connectivity index (χ1v) is 49.5. The van der Waals surface area contributed by atoms with Crippen molar-refractivity contribution in [3.05, 3.63) is 551 Å². The Morgan fingerprint density at radius 2 is 0.555 bits per heavy atom. The third-order valence-corrected chi connectivity index (χ3v) is 26.8. The number of allylic oxidation sites excluding steroid dienone is 2. The number of rotatable bonds is 20. The van der Waals surface area contributed by atoms with Crippen LogP contribution in [0.15, 0.2) is 533 Å². The highest BCUT2D eigenvalue weighted by Crippen LogP contribution is 2.44. The van der Waals surface area contributed by atoms with Crippen molar-refractivity contribution in [1.82, 2.24) is 44.9 Å². The molecule has 23 aromatic rings. The van der Waals surface area contributed by atoms with E-state index in [4.69, 9.17) is 34.9 Å². The van der Waals surface area contributed by atoms with Crippen LogP contribution in [0.5, 0.6) is 0 Å². The quantitative estimate of drug-likeness (QED) is 0.0732. The van der Waals surface area contributed by atoms with Crippen LogP contribution in [-0.2, 0) is 6.42 Å². The van der Waals surface area contributed by atoms with Gasteiger partial charge >= 0.3 is 0 Å². The first kappa shape index (κ1) is 90.7. The Balaban J connectivity index is 0.000000122. The van der Waals surface area contributed by atoms with E-state index < -0.39 is 0 Å². The Morgan fingerprint density at radius 3 is 1.06 bits per heavy atom. The fourth-order valence-electron chi connectivity index (χ4n) is 19.4. The SMILES string of the molecule is C1=C(c2ccccc2)CCN=C1c1cc(-c2cc(-c3ccccc3)nc(-c3ccccc3)c2)cc(-c2cc(-c3ccccc3)ccn2)c1.C1=Cc2c(cccc2-c2cc(-c3nc(-c4ccc(-c5ccccn5)cc4)cc(-c4ccc(-c5ccccn5)cc4)n3)cc(-c3cccc4ccccc34)c2)CC1.c1ccc(-c2ccc(-c3cc(-c4cc(-c5ccccc5)nc(-c5ccccc5)c4)cc(-c4ccccn4)c3)nc2)cc1. The monoisotopic (exact) mass is 1870 g/mol. The van der Waals surface area contributed by atoms with Gasteiger partial charge < -0.3 is 0 Å². The van der Waals surface area contributed by atoms with Crippen molar-refractivity contribution in [2.75, 3.05) is 6.54 Å². The van der Waals surface area contributed by atoms with E-state index in [2.05, 4.69) is 415 Å². The van der Waals surface area contributed by atoms with Gasteiger partial charge in [0, 0.05) is 115 Å². The summed E-state index contributed by atoms with van der Waals surface area (Å²) in [5, 5.41) is 2.42. The van der Waals surface area contributed by atoms with Crippen LogP contribution in [0.4, 0.5) is 0 Å². The second kappa shape index (κ2) is 42.5. The number of dihydropyridines is 1. The molecule has 1 aliphatic carbocycles. The van der Waals surface area contributed by atoms with E-state index in [9.17, 15) is 0 Å². The Kier molecular flexibility index (Phi) is 26.4. The second-order valence-electron chi connectivity index (χ2n) is 36.4. The van der Waals surface area contributed by atoms with Gasteiger partial charge in [0.2, 0.25) is 0 Å². The van der Waals surface area contributed by atoms with Crippen molar-refractivity contribution in [2.24, 2.45) is 4.99 Å². The van der Waals surface area contributed by atoms with Crippen LogP contribution in [0.3, 0.4) is 0 Å². The van der Waals surface area contributed by atoms with E-state index in [1.54, 1.807) is 0 Å². The molecule has 146 heavy (non-hydrogen) atoms. The van der Waals surface area contributed by atoms with E-state index in [0.29, 0.717) is 5.82 Å². The molecule has 0 radical (unpaired) electrons. The molecule has 0 saturated heterocycles. The van der Waals surface area contributed by atoms with Gasteiger partial charge in [0.1, 0.15) is 0 Å². The molecule has 25 rings (SSSR count). The number of aliphatic imine (C=N–C) groups is 1. The van der Waals surface area contributed by atoms with Gasteiger partial charge in [0.25, 0.3) is 0 Å².